The monoisotopic (exact) mass is 192 g/mol. The smallest absolute Gasteiger partial charge is 0.127 e. The van der Waals surface area contributed by atoms with E-state index < -0.39 is 5.60 Å². The standard InChI is InChI=1S/C12H13FO/c1-9-4-5-10(8-11(9)13)6-7-12(2,3)14/h4-5,8,14H,1-3H3. The molecule has 1 aromatic rings. The average molecular weight is 192 g/mol. The predicted octanol–water partition coefficient (Wildman–Crippen LogP) is 2.26. The first-order valence-electron chi connectivity index (χ1n) is 4.40. The third-order valence-corrected chi connectivity index (χ3v) is 1.68. The highest BCUT2D eigenvalue weighted by molar-refractivity contribution is 5.37. The summed E-state index contributed by atoms with van der Waals surface area (Å²) in [6.07, 6.45) is 0. The van der Waals surface area contributed by atoms with Crippen LogP contribution in [0.5, 0.6) is 0 Å². The maximum atomic E-state index is 13.1. The molecule has 0 aliphatic rings. The Morgan fingerprint density at radius 2 is 2.00 bits per heavy atom. The summed E-state index contributed by atoms with van der Waals surface area (Å²) in [5.74, 6) is 5.07. The van der Waals surface area contributed by atoms with Crippen LogP contribution in [0.25, 0.3) is 0 Å². The number of aliphatic hydroxyl groups is 1. The number of benzene rings is 1. The molecule has 74 valence electrons. The van der Waals surface area contributed by atoms with E-state index in [1.807, 2.05) is 0 Å². The van der Waals surface area contributed by atoms with Crippen molar-refractivity contribution in [1.29, 1.82) is 0 Å². The Balaban J connectivity index is 2.98. The van der Waals surface area contributed by atoms with Gasteiger partial charge < -0.3 is 5.11 Å². The van der Waals surface area contributed by atoms with Crippen molar-refractivity contribution < 1.29 is 9.50 Å². The largest absolute Gasteiger partial charge is 0.378 e. The van der Waals surface area contributed by atoms with Crippen molar-refractivity contribution in [3.63, 3.8) is 0 Å². The average Bonchev–Trinajstić information content (AvgIpc) is 2.06. The van der Waals surface area contributed by atoms with Gasteiger partial charge in [0.25, 0.3) is 0 Å². The van der Waals surface area contributed by atoms with Crippen molar-refractivity contribution in [3.05, 3.63) is 35.1 Å². The van der Waals surface area contributed by atoms with E-state index in [-0.39, 0.29) is 5.82 Å². The molecule has 0 spiro atoms. The van der Waals surface area contributed by atoms with E-state index in [0.717, 1.165) is 0 Å². The highest BCUT2D eigenvalue weighted by atomic mass is 19.1. The maximum absolute atomic E-state index is 13.1. The normalized spacial score (nSPS) is 10.6. The summed E-state index contributed by atoms with van der Waals surface area (Å²) >= 11 is 0. The lowest BCUT2D eigenvalue weighted by atomic mass is 10.1. The Morgan fingerprint density at radius 1 is 1.36 bits per heavy atom. The minimum absolute atomic E-state index is 0.271. The van der Waals surface area contributed by atoms with Crippen LogP contribution in [0.3, 0.4) is 0 Å². The van der Waals surface area contributed by atoms with Gasteiger partial charge in [0.15, 0.2) is 0 Å². The molecule has 0 bridgehead atoms. The number of rotatable bonds is 0. The van der Waals surface area contributed by atoms with Gasteiger partial charge in [-0.1, -0.05) is 17.9 Å². The van der Waals surface area contributed by atoms with Crippen molar-refractivity contribution >= 4 is 0 Å². The molecule has 1 N–H and O–H groups in total. The summed E-state index contributed by atoms with van der Waals surface area (Å²) in [7, 11) is 0. The first-order valence-corrected chi connectivity index (χ1v) is 4.40. The van der Waals surface area contributed by atoms with Gasteiger partial charge in [-0.05, 0) is 38.5 Å². The summed E-state index contributed by atoms with van der Waals surface area (Å²) in [6, 6.07) is 4.77. The van der Waals surface area contributed by atoms with E-state index >= 15 is 0 Å². The highest BCUT2D eigenvalue weighted by Gasteiger charge is 2.05. The first-order chi connectivity index (χ1) is 6.38. The quantitative estimate of drug-likeness (QED) is 0.625. The van der Waals surface area contributed by atoms with Crippen molar-refractivity contribution in [2.24, 2.45) is 0 Å². The van der Waals surface area contributed by atoms with E-state index in [1.54, 1.807) is 32.9 Å². The van der Waals surface area contributed by atoms with Gasteiger partial charge in [0.05, 0.1) is 0 Å². The lowest BCUT2D eigenvalue weighted by Gasteiger charge is -2.05. The minimum Gasteiger partial charge on any atom is -0.378 e. The maximum Gasteiger partial charge on any atom is 0.127 e. The zero-order chi connectivity index (χ0) is 10.8. The summed E-state index contributed by atoms with van der Waals surface area (Å²) in [5, 5.41) is 9.34. The lowest BCUT2D eigenvalue weighted by molar-refractivity contribution is 0.143. The van der Waals surface area contributed by atoms with Crippen LogP contribution in [0.2, 0.25) is 0 Å². The van der Waals surface area contributed by atoms with Crippen molar-refractivity contribution in [3.8, 4) is 11.8 Å². The zero-order valence-electron chi connectivity index (χ0n) is 8.56. The Kier molecular flexibility index (Phi) is 2.93. The topological polar surface area (TPSA) is 20.2 Å². The third kappa shape index (κ3) is 3.20. The highest BCUT2D eigenvalue weighted by Crippen LogP contribution is 2.08. The molecule has 0 amide bonds. The molecule has 1 aromatic carbocycles. The Bertz CT molecular complexity index is 391. The Morgan fingerprint density at radius 3 is 2.50 bits per heavy atom. The Labute approximate surface area is 83.6 Å². The van der Waals surface area contributed by atoms with Crippen LogP contribution in [0, 0.1) is 24.6 Å². The molecule has 0 unspecified atom stereocenters. The van der Waals surface area contributed by atoms with E-state index in [9.17, 15) is 9.50 Å². The van der Waals surface area contributed by atoms with Gasteiger partial charge in [0, 0.05) is 5.56 Å². The number of hydrogen-bond acceptors (Lipinski definition) is 1. The molecular formula is C12H13FO. The fourth-order valence-corrected chi connectivity index (χ4v) is 0.896. The van der Waals surface area contributed by atoms with Crippen LogP contribution in [0.1, 0.15) is 25.0 Å². The molecule has 0 heterocycles. The van der Waals surface area contributed by atoms with Crippen LogP contribution in [-0.2, 0) is 0 Å². The van der Waals surface area contributed by atoms with Gasteiger partial charge in [0.2, 0.25) is 0 Å². The molecule has 2 heteroatoms. The molecule has 0 aromatic heterocycles. The van der Waals surface area contributed by atoms with E-state index in [1.165, 1.54) is 6.07 Å². The number of aryl methyl sites for hydroxylation is 1. The molecule has 1 rings (SSSR count). The fourth-order valence-electron chi connectivity index (χ4n) is 0.896. The van der Waals surface area contributed by atoms with Crippen LogP contribution in [0.15, 0.2) is 18.2 Å². The summed E-state index contributed by atoms with van der Waals surface area (Å²) in [4.78, 5) is 0. The molecule has 0 aliphatic carbocycles. The molecule has 0 saturated heterocycles. The molecule has 14 heavy (non-hydrogen) atoms. The zero-order valence-corrected chi connectivity index (χ0v) is 8.56. The lowest BCUT2D eigenvalue weighted by Crippen LogP contribution is -2.14. The Hall–Kier alpha value is -1.33. The second-order valence-corrected chi connectivity index (χ2v) is 3.77. The number of halogens is 1. The molecule has 0 atom stereocenters. The van der Waals surface area contributed by atoms with E-state index in [0.29, 0.717) is 11.1 Å². The first kappa shape index (κ1) is 10.7. The minimum atomic E-state index is -1.04. The molecule has 0 saturated carbocycles. The second-order valence-electron chi connectivity index (χ2n) is 3.77. The molecule has 0 radical (unpaired) electrons. The van der Waals surface area contributed by atoms with Gasteiger partial charge >= 0.3 is 0 Å². The van der Waals surface area contributed by atoms with Crippen LogP contribution in [-0.4, -0.2) is 10.7 Å². The van der Waals surface area contributed by atoms with Crippen LogP contribution < -0.4 is 0 Å². The predicted molar refractivity (Wildman–Crippen MR) is 54.3 cm³/mol. The molecular weight excluding hydrogens is 179 g/mol. The molecule has 0 fully saturated rings. The van der Waals surface area contributed by atoms with Crippen LogP contribution >= 0.6 is 0 Å². The fraction of sp³-hybridized carbons (Fsp3) is 0.333. The second kappa shape index (κ2) is 3.81. The molecule has 0 aliphatic heterocycles. The van der Waals surface area contributed by atoms with Gasteiger partial charge in [-0.15, -0.1) is 0 Å². The van der Waals surface area contributed by atoms with Crippen molar-refractivity contribution in [1.82, 2.24) is 0 Å². The van der Waals surface area contributed by atoms with Crippen LogP contribution in [0.4, 0.5) is 4.39 Å². The summed E-state index contributed by atoms with van der Waals surface area (Å²) in [5.41, 5.74) is 0.135. The summed E-state index contributed by atoms with van der Waals surface area (Å²) < 4.78 is 13.1. The van der Waals surface area contributed by atoms with Crippen molar-refractivity contribution in [2.75, 3.05) is 0 Å². The summed E-state index contributed by atoms with van der Waals surface area (Å²) in [6.45, 7) is 4.87. The van der Waals surface area contributed by atoms with E-state index in [2.05, 4.69) is 11.8 Å². The third-order valence-electron chi connectivity index (χ3n) is 1.68. The van der Waals surface area contributed by atoms with Gasteiger partial charge in [-0.3, -0.25) is 0 Å². The van der Waals surface area contributed by atoms with Crippen molar-refractivity contribution in [2.45, 2.75) is 26.4 Å². The SMILES string of the molecule is Cc1ccc(C#CC(C)(C)O)cc1F. The molecule has 1 nitrogen and oxygen atoms in total. The van der Waals surface area contributed by atoms with Gasteiger partial charge in [-0.25, -0.2) is 4.39 Å². The van der Waals surface area contributed by atoms with Gasteiger partial charge in [-0.2, -0.15) is 0 Å². The number of hydrogen-bond donors (Lipinski definition) is 1. The van der Waals surface area contributed by atoms with E-state index in [4.69, 9.17) is 0 Å². The van der Waals surface area contributed by atoms with Gasteiger partial charge in [0.1, 0.15) is 11.4 Å².